The highest BCUT2D eigenvalue weighted by Crippen LogP contribution is 2.36. The lowest BCUT2D eigenvalue weighted by molar-refractivity contribution is -0.122. The summed E-state index contributed by atoms with van der Waals surface area (Å²) in [6.45, 7) is 7.94. The lowest BCUT2D eigenvalue weighted by atomic mass is 10.1. The average molecular weight is 472 g/mol. The number of hydrogen-bond donors (Lipinski definition) is 0. The van der Waals surface area contributed by atoms with Gasteiger partial charge in [-0.1, -0.05) is 61.9 Å². The Bertz CT molecular complexity index is 1120. The van der Waals surface area contributed by atoms with Gasteiger partial charge in [-0.2, -0.15) is 0 Å². The third-order valence-corrected chi connectivity index (χ3v) is 7.34. The number of ether oxygens (including phenoxy) is 1. The zero-order valence-corrected chi connectivity index (χ0v) is 20.3. The molecule has 1 aromatic carbocycles. The van der Waals surface area contributed by atoms with Crippen LogP contribution in [0, 0.1) is 0 Å². The molecule has 0 saturated carbocycles. The molecule has 2 saturated heterocycles. The minimum Gasteiger partial charge on any atom is -0.378 e. The van der Waals surface area contributed by atoms with E-state index in [9.17, 15) is 9.59 Å². The second kappa shape index (κ2) is 10.2. The molecule has 0 N–H and O–H groups in total. The number of hydrogen-bond acceptors (Lipinski definition) is 6. The molecule has 4 rings (SSSR count). The monoisotopic (exact) mass is 471 g/mol. The van der Waals surface area contributed by atoms with E-state index in [0.717, 1.165) is 35.9 Å². The van der Waals surface area contributed by atoms with E-state index >= 15 is 0 Å². The third kappa shape index (κ3) is 4.36. The number of anilines is 1. The van der Waals surface area contributed by atoms with Crippen LogP contribution in [0.2, 0.25) is 0 Å². The van der Waals surface area contributed by atoms with Crippen LogP contribution < -0.4 is 10.5 Å². The van der Waals surface area contributed by atoms with E-state index in [2.05, 4.69) is 17.9 Å². The van der Waals surface area contributed by atoms with Crippen LogP contribution in [0.15, 0.2) is 34.0 Å². The molecular formula is C24H29N3O3S2. The van der Waals surface area contributed by atoms with Crippen LogP contribution in [-0.2, 0) is 16.1 Å². The van der Waals surface area contributed by atoms with Crippen molar-refractivity contribution in [1.82, 2.24) is 9.47 Å². The van der Waals surface area contributed by atoms with Gasteiger partial charge in [-0.25, -0.2) is 0 Å². The summed E-state index contributed by atoms with van der Waals surface area (Å²) in [4.78, 5) is 31.2. The van der Waals surface area contributed by atoms with Crippen molar-refractivity contribution in [3.63, 3.8) is 0 Å². The molecule has 0 atom stereocenters. The van der Waals surface area contributed by atoms with Crippen molar-refractivity contribution in [2.24, 2.45) is 0 Å². The zero-order chi connectivity index (χ0) is 22.7. The number of thiocarbonyl (C=S) groups is 1. The molecule has 2 aliphatic rings. The fourth-order valence-corrected chi connectivity index (χ4v) is 5.62. The maximum absolute atomic E-state index is 13.6. The number of morpholine rings is 1. The van der Waals surface area contributed by atoms with Gasteiger partial charge in [-0.3, -0.25) is 14.5 Å². The highest BCUT2D eigenvalue weighted by atomic mass is 32.2. The van der Waals surface area contributed by atoms with Crippen LogP contribution >= 0.6 is 24.0 Å². The van der Waals surface area contributed by atoms with E-state index in [-0.39, 0.29) is 11.5 Å². The molecule has 170 valence electrons. The van der Waals surface area contributed by atoms with Crippen LogP contribution in [-0.4, -0.2) is 52.5 Å². The second-order valence-corrected chi connectivity index (χ2v) is 9.64. The normalized spacial score (nSPS) is 18.4. The van der Waals surface area contributed by atoms with Gasteiger partial charge in [0.2, 0.25) is 0 Å². The van der Waals surface area contributed by atoms with Gasteiger partial charge >= 0.3 is 0 Å². The van der Waals surface area contributed by atoms with Crippen LogP contribution in [0.25, 0.3) is 17.0 Å². The fourth-order valence-electron chi connectivity index (χ4n) is 4.33. The number of amides is 1. The van der Waals surface area contributed by atoms with Crippen LogP contribution in [0.1, 0.15) is 38.7 Å². The Balaban J connectivity index is 1.85. The maximum atomic E-state index is 13.6. The van der Waals surface area contributed by atoms with E-state index in [1.807, 2.05) is 25.1 Å². The number of para-hydroxylation sites is 1. The summed E-state index contributed by atoms with van der Waals surface area (Å²) in [5.74, 6) is -0.0976. The van der Waals surface area contributed by atoms with Crippen molar-refractivity contribution in [2.75, 3.05) is 37.7 Å². The van der Waals surface area contributed by atoms with Gasteiger partial charge in [0.05, 0.1) is 34.9 Å². The van der Waals surface area contributed by atoms with Crippen LogP contribution in [0.4, 0.5) is 5.69 Å². The molecule has 2 aliphatic heterocycles. The molecular weight excluding hydrogens is 442 g/mol. The Labute approximate surface area is 198 Å². The van der Waals surface area contributed by atoms with E-state index in [1.165, 1.54) is 11.8 Å². The van der Waals surface area contributed by atoms with Gasteiger partial charge in [-0.15, -0.1) is 0 Å². The first-order chi connectivity index (χ1) is 15.6. The van der Waals surface area contributed by atoms with Crippen molar-refractivity contribution >= 4 is 56.9 Å². The third-order valence-electron chi connectivity index (χ3n) is 5.96. The van der Waals surface area contributed by atoms with Crippen molar-refractivity contribution < 1.29 is 9.53 Å². The van der Waals surface area contributed by atoms with E-state index in [0.29, 0.717) is 54.2 Å². The Hall–Kier alpha value is -2.16. The minimum atomic E-state index is -0.0976. The Morgan fingerprint density at radius 1 is 1.12 bits per heavy atom. The lowest BCUT2D eigenvalue weighted by Gasteiger charge is -2.31. The molecule has 3 heterocycles. The summed E-state index contributed by atoms with van der Waals surface area (Å²) in [6, 6.07) is 7.99. The van der Waals surface area contributed by atoms with Gasteiger partial charge in [-0.05, 0) is 25.5 Å². The predicted octanol–water partition coefficient (Wildman–Crippen LogP) is 4.25. The SMILES string of the molecule is CCCCCN1C(=O)C(=Cc2c(N3CCOCC3)c3ccccc3n(CC)c2=O)SC1=S. The Morgan fingerprint density at radius 2 is 1.88 bits per heavy atom. The van der Waals surface area contributed by atoms with Crippen molar-refractivity contribution in [3.8, 4) is 0 Å². The molecule has 2 aromatic rings. The number of aryl methyl sites for hydroxylation is 1. The van der Waals surface area contributed by atoms with Crippen LogP contribution in [0.5, 0.6) is 0 Å². The number of fused-ring (bicyclic) bond motifs is 1. The quantitative estimate of drug-likeness (QED) is 0.342. The Morgan fingerprint density at radius 3 is 2.59 bits per heavy atom. The number of rotatable bonds is 7. The number of carbonyl (C=O) groups is 1. The van der Waals surface area contributed by atoms with Crippen LogP contribution in [0.3, 0.4) is 0 Å². The largest absolute Gasteiger partial charge is 0.378 e. The zero-order valence-electron chi connectivity index (χ0n) is 18.6. The van der Waals surface area contributed by atoms with Gasteiger partial charge in [0.25, 0.3) is 11.5 Å². The topological polar surface area (TPSA) is 54.8 Å². The van der Waals surface area contributed by atoms with Gasteiger partial charge in [0.15, 0.2) is 0 Å². The highest BCUT2D eigenvalue weighted by molar-refractivity contribution is 8.26. The summed E-state index contributed by atoms with van der Waals surface area (Å²) in [6.07, 6.45) is 4.84. The first-order valence-electron chi connectivity index (χ1n) is 11.3. The molecule has 32 heavy (non-hydrogen) atoms. The number of aromatic nitrogens is 1. The molecule has 0 spiro atoms. The molecule has 0 radical (unpaired) electrons. The minimum absolute atomic E-state index is 0.0797. The van der Waals surface area contributed by atoms with Crippen molar-refractivity contribution in [2.45, 2.75) is 39.7 Å². The molecule has 1 aromatic heterocycles. The van der Waals surface area contributed by atoms with Gasteiger partial charge < -0.3 is 14.2 Å². The Kier molecular flexibility index (Phi) is 7.33. The summed E-state index contributed by atoms with van der Waals surface area (Å²) in [5, 5.41) is 1.01. The number of pyridine rings is 1. The van der Waals surface area contributed by atoms with E-state index in [4.69, 9.17) is 17.0 Å². The second-order valence-electron chi connectivity index (χ2n) is 7.97. The smallest absolute Gasteiger partial charge is 0.266 e. The maximum Gasteiger partial charge on any atom is 0.266 e. The van der Waals surface area contributed by atoms with E-state index in [1.54, 1.807) is 15.5 Å². The molecule has 6 nitrogen and oxygen atoms in total. The summed E-state index contributed by atoms with van der Waals surface area (Å²) >= 11 is 6.79. The number of thioether (sulfide) groups is 1. The molecule has 1 amide bonds. The highest BCUT2D eigenvalue weighted by Gasteiger charge is 2.32. The molecule has 0 unspecified atom stereocenters. The number of carbonyl (C=O) groups excluding carboxylic acids is 1. The van der Waals surface area contributed by atoms with Gasteiger partial charge in [0.1, 0.15) is 4.32 Å². The number of benzene rings is 1. The van der Waals surface area contributed by atoms with Gasteiger partial charge in [0, 0.05) is 31.6 Å². The van der Waals surface area contributed by atoms with Crippen molar-refractivity contribution in [1.29, 1.82) is 0 Å². The lowest BCUT2D eigenvalue weighted by Crippen LogP contribution is -2.38. The van der Waals surface area contributed by atoms with Crippen molar-refractivity contribution in [3.05, 3.63) is 45.1 Å². The molecule has 0 bridgehead atoms. The van der Waals surface area contributed by atoms with E-state index < -0.39 is 0 Å². The molecule has 0 aliphatic carbocycles. The summed E-state index contributed by atoms with van der Waals surface area (Å²) in [7, 11) is 0. The molecule has 2 fully saturated rings. The summed E-state index contributed by atoms with van der Waals surface area (Å²) < 4.78 is 7.91. The average Bonchev–Trinajstić information content (AvgIpc) is 3.08. The first-order valence-corrected chi connectivity index (χ1v) is 12.5. The standard InChI is InChI=1S/C24H29N3O3S2/c1-3-5-8-11-27-23(29)20(32-24(27)31)16-18-21(25-12-14-30-15-13-25)17-9-6-7-10-19(17)26(4-2)22(18)28/h6-7,9-10,16H,3-5,8,11-15H2,1-2H3. The summed E-state index contributed by atoms with van der Waals surface area (Å²) in [5.41, 5.74) is 2.27. The fraction of sp³-hybridized carbons (Fsp3) is 0.458. The number of unbranched alkanes of at least 4 members (excludes halogenated alkanes) is 2. The first kappa shape index (κ1) is 23.0. The predicted molar refractivity (Wildman–Crippen MR) is 136 cm³/mol. The molecule has 8 heteroatoms. The number of nitrogens with zero attached hydrogens (tertiary/aromatic N) is 3.